The highest BCUT2D eigenvalue weighted by atomic mass is 35.5. The van der Waals surface area contributed by atoms with Gasteiger partial charge in [-0.15, -0.1) is 0 Å². The van der Waals surface area contributed by atoms with Gasteiger partial charge in [-0.1, -0.05) is 37.6 Å². The highest BCUT2D eigenvalue weighted by molar-refractivity contribution is 6.30. The number of rotatable bonds is 6. The Morgan fingerprint density at radius 2 is 1.83 bits per heavy atom. The molecule has 0 aliphatic carbocycles. The topological polar surface area (TPSA) is 78.5 Å². The van der Waals surface area contributed by atoms with Crippen molar-refractivity contribution in [2.45, 2.75) is 45.2 Å². The fraction of sp³-hybridized carbons (Fsp3) is 0.471. The second-order valence-corrected chi connectivity index (χ2v) is 6.47. The van der Waals surface area contributed by atoms with Gasteiger partial charge in [0.2, 0.25) is 5.91 Å². The quantitative estimate of drug-likeness (QED) is 0.772. The second kappa shape index (κ2) is 7.21. The van der Waals surface area contributed by atoms with Gasteiger partial charge < -0.3 is 10.6 Å². The van der Waals surface area contributed by atoms with Crippen LogP contribution in [0.3, 0.4) is 0 Å². The molecule has 1 fully saturated rings. The van der Waals surface area contributed by atoms with Gasteiger partial charge in [-0.25, -0.2) is 4.79 Å². The van der Waals surface area contributed by atoms with Gasteiger partial charge in [0.1, 0.15) is 12.1 Å². The summed E-state index contributed by atoms with van der Waals surface area (Å²) in [6, 6.07) is 6.16. The Morgan fingerprint density at radius 3 is 2.38 bits per heavy atom. The van der Waals surface area contributed by atoms with Gasteiger partial charge in [-0.05, 0) is 37.5 Å². The minimum absolute atomic E-state index is 0.0425. The lowest BCUT2D eigenvalue weighted by Gasteiger charge is -2.22. The number of hydrogen-bond acceptors (Lipinski definition) is 3. The number of amides is 4. The van der Waals surface area contributed by atoms with Crippen LogP contribution in [0.5, 0.6) is 0 Å². The Kier molecular flexibility index (Phi) is 5.49. The summed E-state index contributed by atoms with van der Waals surface area (Å²) in [6.45, 7) is 5.28. The lowest BCUT2D eigenvalue weighted by Crippen LogP contribution is -2.45. The molecule has 24 heavy (non-hydrogen) atoms. The summed E-state index contributed by atoms with van der Waals surface area (Å²) < 4.78 is 0. The van der Waals surface area contributed by atoms with Crippen LogP contribution in [0.15, 0.2) is 24.3 Å². The summed E-state index contributed by atoms with van der Waals surface area (Å²) in [5.74, 6) is -0.790. The van der Waals surface area contributed by atoms with E-state index in [2.05, 4.69) is 10.6 Å². The zero-order valence-electron chi connectivity index (χ0n) is 14.1. The van der Waals surface area contributed by atoms with Crippen LogP contribution in [-0.2, 0) is 15.1 Å². The van der Waals surface area contributed by atoms with E-state index in [0.717, 1.165) is 17.7 Å². The predicted molar refractivity (Wildman–Crippen MR) is 91.6 cm³/mol. The van der Waals surface area contributed by atoms with Gasteiger partial charge in [0.05, 0.1) is 0 Å². The Hall–Kier alpha value is -2.08. The lowest BCUT2D eigenvalue weighted by atomic mass is 9.92. The largest absolute Gasteiger partial charge is 0.352 e. The molecule has 130 valence electrons. The fourth-order valence-corrected chi connectivity index (χ4v) is 2.86. The molecular weight excluding hydrogens is 330 g/mol. The van der Waals surface area contributed by atoms with Gasteiger partial charge in [-0.3, -0.25) is 14.5 Å². The van der Waals surface area contributed by atoms with Crippen LogP contribution in [0.1, 0.15) is 39.2 Å². The normalized spacial score (nSPS) is 20.5. The molecule has 1 aromatic carbocycles. The number of urea groups is 1. The molecule has 0 saturated carbocycles. The van der Waals surface area contributed by atoms with E-state index < -0.39 is 17.5 Å². The van der Waals surface area contributed by atoms with Crippen molar-refractivity contribution >= 4 is 29.4 Å². The highest BCUT2D eigenvalue weighted by Gasteiger charge is 2.49. The van der Waals surface area contributed by atoms with E-state index in [1.165, 1.54) is 0 Å². The molecule has 0 aromatic heterocycles. The molecule has 1 saturated heterocycles. The maximum atomic E-state index is 12.7. The maximum Gasteiger partial charge on any atom is 0.325 e. The van der Waals surface area contributed by atoms with E-state index in [0.29, 0.717) is 10.6 Å². The SMILES string of the molecule is CCC(CC)NC(=O)CN1C(=O)N[C@](C)(c2ccc(Cl)cc2)C1=O. The van der Waals surface area contributed by atoms with Crippen molar-refractivity contribution in [2.24, 2.45) is 0 Å². The van der Waals surface area contributed by atoms with E-state index in [9.17, 15) is 14.4 Å². The number of imide groups is 1. The summed E-state index contributed by atoms with van der Waals surface area (Å²) in [6.07, 6.45) is 1.59. The van der Waals surface area contributed by atoms with Crippen molar-refractivity contribution in [3.05, 3.63) is 34.9 Å². The van der Waals surface area contributed by atoms with Crippen molar-refractivity contribution in [1.82, 2.24) is 15.5 Å². The van der Waals surface area contributed by atoms with E-state index in [4.69, 9.17) is 11.6 Å². The van der Waals surface area contributed by atoms with Gasteiger partial charge in [0.15, 0.2) is 0 Å². The van der Waals surface area contributed by atoms with Crippen LogP contribution < -0.4 is 10.6 Å². The number of halogens is 1. The maximum absolute atomic E-state index is 12.7. The Labute approximate surface area is 146 Å². The van der Waals surface area contributed by atoms with Crippen LogP contribution in [0.4, 0.5) is 4.79 Å². The van der Waals surface area contributed by atoms with Crippen molar-refractivity contribution in [1.29, 1.82) is 0 Å². The number of nitrogens with zero attached hydrogens (tertiary/aromatic N) is 1. The first kappa shape index (κ1) is 18.3. The standard InChI is InChI=1S/C17H22ClN3O3/c1-4-13(5-2)19-14(22)10-21-15(23)17(3,20-16(21)24)11-6-8-12(18)9-7-11/h6-9,13H,4-5,10H2,1-3H3,(H,19,22)(H,20,24)/t17-/m1/s1. The molecule has 2 rings (SSSR count). The molecule has 4 amide bonds. The van der Waals surface area contributed by atoms with Crippen LogP contribution in [0, 0.1) is 0 Å². The third-order valence-corrected chi connectivity index (χ3v) is 4.60. The summed E-state index contributed by atoms with van der Waals surface area (Å²) in [5, 5.41) is 6.04. The van der Waals surface area contributed by atoms with Crippen molar-refractivity contribution in [3.8, 4) is 0 Å². The van der Waals surface area contributed by atoms with Crippen LogP contribution in [-0.4, -0.2) is 35.3 Å². The van der Waals surface area contributed by atoms with Gasteiger partial charge in [-0.2, -0.15) is 0 Å². The van der Waals surface area contributed by atoms with Crippen LogP contribution in [0.25, 0.3) is 0 Å². The molecule has 0 spiro atoms. The molecule has 1 aliphatic heterocycles. The zero-order valence-corrected chi connectivity index (χ0v) is 14.8. The van der Waals surface area contributed by atoms with Gasteiger partial charge in [0.25, 0.3) is 5.91 Å². The smallest absolute Gasteiger partial charge is 0.325 e. The Morgan fingerprint density at radius 1 is 1.25 bits per heavy atom. The number of carbonyl (C=O) groups is 3. The van der Waals surface area contributed by atoms with Crippen LogP contribution >= 0.6 is 11.6 Å². The molecule has 1 aromatic rings. The fourth-order valence-electron chi connectivity index (χ4n) is 2.73. The molecule has 0 bridgehead atoms. The summed E-state index contributed by atoms with van der Waals surface area (Å²) in [7, 11) is 0. The van der Waals surface area contributed by atoms with Crippen LogP contribution in [0.2, 0.25) is 5.02 Å². The third-order valence-electron chi connectivity index (χ3n) is 4.35. The molecular formula is C17H22ClN3O3. The van der Waals surface area contributed by atoms with Gasteiger partial charge in [0, 0.05) is 11.1 Å². The Bertz CT molecular complexity index is 643. The molecule has 0 radical (unpaired) electrons. The molecule has 2 N–H and O–H groups in total. The van der Waals surface area contributed by atoms with E-state index in [1.807, 2.05) is 13.8 Å². The first-order valence-electron chi connectivity index (χ1n) is 8.01. The van der Waals surface area contributed by atoms with E-state index in [-0.39, 0.29) is 18.5 Å². The molecule has 1 heterocycles. The average molecular weight is 352 g/mol. The Balaban J connectivity index is 2.14. The molecule has 7 heteroatoms. The van der Waals surface area contributed by atoms with Crippen molar-refractivity contribution in [2.75, 3.05) is 6.54 Å². The second-order valence-electron chi connectivity index (χ2n) is 6.03. The third kappa shape index (κ3) is 3.53. The highest BCUT2D eigenvalue weighted by Crippen LogP contribution is 2.29. The van der Waals surface area contributed by atoms with Gasteiger partial charge >= 0.3 is 6.03 Å². The lowest BCUT2D eigenvalue weighted by molar-refractivity contribution is -0.135. The molecule has 6 nitrogen and oxygen atoms in total. The summed E-state index contributed by atoms with van der Waals surface area (Å²) in [4.78, 5) is 38.0. The average Bonchev–Trinajstić information content (AvgIpc) is 2.77. The monoisotopic (exact) mass is 351 g/mol. The first-order chi connectivity index (χ1) is 11.3. The predicted octanol–water partition coefficient (Wildman–Crippen LogP) is 2.41. The molecule has 1 atom stereocenters. The minimum atomic E-state index is -1.20. The zero-order chi connectivity index (χ0) is 17.9. The summed E-state index contributed by atoms with van der Waals surface area (Å²) >= 11 is 5.87. The van der Waals surface area contributed by atoms with Crippen molar-refractivity contribution in [3.63, 3.8) is 0 Å². The van der Waals surface area contributed by atoms with E-state index in [1.54, 1.807) is 31.2 Å². The van der Waals surface area contributed by atoms with E-state index >= 15 is 0 Å². The summed E-state index contributed by atoms with van der Waals surface area (Å²) in [5.41, 5.74) is -0.579. The molecule has 0 unspecified atom stereocenters. The number of nitrogens with one attached hydrogen (secondary N) is 2. The number of benzene rings is 1. The van der Waals surface area contributed by atoms with Crippen molar-refractivity contribution < 1.29 is 14.4 Å². The number of carbonyl (C=O) groups excluding carboxylic acids is 3. The minimum Gasteiger partial charge on any atom is -0.352 e. The first-order valence-corrected chi connectivity index (χ1v) is 8.39. The number of hydrogen-bond donors (Lipinski definition) is 2. The molecule has 1 aliphatic rings.